The van der Waals surface area contributed by atoms with Crippen LogP contribution in [0.4, 0.5) is 18.9 Å². The number of alkyl halides is 3. The van der Waals surface area contributed by atoms with E-state index >= 15 is 0 Å². The molecule has 14 heavy (non-hydrogen) atoms. The quantitative estimate of drug-likeness (QED) is 0.610. The molecule has 0 saturated heterocycles. The molecular formula is C7H5BrF3NO2. The fourth-order valence-electron chi connectivity index (χ4n) is 0.762. The monoisotopic (exact) mass is 271 g/mol. The molecule has 0 heterocycles. The summed E-state index contributed by atoms with van der Waals surface area (Å²) in [7, 11) is 0. The van der Waals surface area contributed by atoms with Crippen molar-refractivity contribution in [2.45, 2.75) is 6.36 Å². The third-order valence-corrected chi connectivity index (χ3v) is 1.93. The third-order valence-electron chi connectivity index (χ3n) is 1.31. The molecule has 0 atom stereocenters. The summed E-state index contributed by atoms with van der Waals surface area (Å²) in [5.74, 6) is -0.806. The first kappa shape index (κ1) is 11.0. The maximum atomic E-state index is 11.8. The molecule has 0 aliphatic heterocycles. The molecule has 7 heteroatoms. The Bertz CT molecular complexity index is 354. The van der Waals surface area contributed by atoms with Crippen molar-refractivity contribution < 1.29 is 23.0 Å². The molecule has 1 rings (SSSR count). The average Bonchev–Trinajstić information content (AvgIpc) is 1.97. The van der Waals surface area contributed by atoms with Crippen LogP contribution in [0.1, 0.15) is 0 Å². The van der Waals surface area contributed by atoms with Crippen molar-refractivity contribution in [1.82, 2.24) is 0 Å². The Balaban J connectivity index is 3.04. The molecule has 0 bridgehead atoms. The van der Waals surface area contributed by atoms with Crippen LogP contribution in [0.2, 0.25) is 0 Å². The highest BCUT2D eigenvalue weighted by atomic mass is 79.9. The first-order valence-electron chi connectivity index (χ1n) is 3.33. The van der Waals surface area contributed by atoms with Crippen LogP contribution in [-0.4, -0.2) is 11.5 Å². The van der Waals surface area contributed by atoms with Gasteiger partial charge in [-0.1, -0.05) is 0 Å². The van der Waals surface area contributed by atoms with Gasteiger partial charge in [0, 0.05) is 6.07 Å². The van der Waals surface area contributed by atoms with E-state index < -0.39 is 12.1 Å². The van der Waals surface area contributed by atoms with Crippen LogP contribution in [0.25, 0.3) is 0 Å². The zero-order valence-electron chi connectivity index (χ0n) is 6.60. The fraction of sp³-hybridized carbons (Fsp3) is 0.143. The number of rotatable bonds is 1. The standard InChI is InChI=1S/C7H5BrF3NO2/c8-3-1-5(13)4(12)2-6(3)14-7(9,10)11/h1-2,13H,12H2. The van der Waals surface area contributed by atoms with Gasteiger partial charge in [0.25, 0.3) is 0 Å². The van der Waals surface area contributed by atoms with Gasteiger partial charge in [-0.2, -0.15) is 0 Å². The summed E-state index contributed by atoms with van der Waals surface area (Å²) in [6.07, 6.45) is -4.79. The van der Waals surface area contributed by atoms with Crippen LogP contribution < -0.4 is 10.5 Å². The molecule has 0 spiro atoms. The number of aromatic hydroxyl groups is 1. The molecule has 78 valence electrons. The highest BCUT2D eigenvalue weighted by Crippen LogP contribution is 2.36. The van der Waals surface area contributed by atoms with Gasteiger partial charge in [0.05, 0.1) is 10.2 Å². The Morgan fingerprint density at radius 3 is 2.43 bits per heavy atom. The second kappa shape index (κ2) is 3.56. The SMILES string of the molecule is Nc1cc(OC(F)(F)F)c(Br)cc1O. The number of hydrogen-bond donors (Lipinski definition) is 2. The number of nitrogen functional groups attached to an aromatic ring is 1. The molecule has 0 amide bonds. The summed E-state index contributed by atoms with van der Waals surface area (Å²) in [5, 5.41) is 9.03. The maximum absolute atomic E-state index is 11.8. The summed E-state index contributed by atoms with van der Waals surface area (Å²) in [6.45, 7) is 0. The lowest BCUT2D eigenvalue weighted by molar-refractivity contribution is -0.274. The zero-order valence-corrected chi connectivity index (χ0v) is 8.19. The van der Waals surface area contributed by atoms with Gasteiger partial charge < -0.3 is 15.6 Å². The van der Waals surface area contributed by atoms with Crippen molar-refractivity contribution in [3.8, 4) is 11.5 Å². The van der Waals surface area contributed by atoms with Gasteiger partial charge in [0.1, 0.15) is 11.5 Å². The maximum Gasteiger partial charge on any atom is 0.573 e. The van der Waals surface area contributed by atoms with E-state index in [1.807, 2.05) is 0 Å². The number of phenols is 1. The summed E-state index contributed by atoms with van der Waals surface area (Å²) in [5.41, 5.74) is 5.00. The number of halogens is 4. The average molecular weight is 272 g/mol. The second-order valence-corrected chi connectivity index (χ2v) is 3.24. The van der Waals surface area contributed by atoms with Gasteiger partial charge in [0.2, 0.25) is 0 Å². The molecule has 0 aromatic heterocycles. The molecule has 0 radical (unpaired) electrons. The van der Waals surface area contributed by atoms with Crippen LogP contribution in [0, 0.1) is 0 Å². The van der Waals surface area contributed by atoms with E-state index in [9.17, 15) is 13.2 Å². The first-order valence-corrected chi connectivity index (χ1v) is 4.12. The first-order chi connectivity index (χ1) is 6.29. The van der Waals surface area contributed by atoms with E-state index in [4.69, 9.17) is 10.8 Å². The zero-order chi connectivity index (χ0) is 10.9. The third kappa shape index (κ3) is 2.69. The van der Waals surface area contributed by atoms with Crippen LogP contribution in [-0.2, 0) is 0 Å². The summed E-state index contributed by atoms with van der Waals surface area (Å²) < 4.78 is 39.0. The Hall–Kier alpha value is -1.11. The summed E-state index contributed by atoms with van der Waals surface area (Å²) in [6, 6.07) is 1.91. The molecule has 1 aromatic carbocycles. The molecular weight excluding hydrogens is 267 g/mol. The predicted molar refractivity (Wildman–Crippen MR) is 46.9 cm³/mol. The molecule has 0 saturated carbocycles. The molecule has 0 aliphatic rings. The molecule has 3 nitrogen and oxygen atoms in total. The van der Waals surface area contributed by atoms with E-state index in [0.29, 0.717) is 0 Å². The molecule has 0 aliphatic carbocycles. The van der Waals surface area contributed by atoms with Crippen molar-refractivity contribution in [3.05, 3.63) is 16.6 Å². The van der Waals surface area contributed by atoms with E-state index in [2.05, 4.69) is 20.7 Å². The number of phenolic OH excluding ortho intramolecular Hbond substituents is 1. The smallest absolute Gasteiger partial charge is 0.506 e. The van der Waals surface area contributed by atoms with Gasteiger partial charge in [-0.25, -0.2) is 0 Å². The van der Waals surface area contributed by atoms with Gasteiger partial charge in [-0.05, 0) is 22.0 Å². The minimum absolute atomic E-state index is 0.0264. The number of benzene rings is 1. The van der Waals surface area contributed by atoms with Crippen molar-refractivity contribution in [1.29, 1.82) is 0 Å². The number of anilines is 1. The predicted octanol–water partition coefficient (Wildman–Crippen LogP) is 2.64. The van der Waals surface area contributed by atoms with E-state index in [1.54, 1.807) is 0 Å². The summed E-state index contributed by atoms with van der Waals surface area (Å²) in [4.78, 5) is 0. The van der Waals surface area contributed by atoms with Gasteiger partial charge in [-0.15, -0.1) is 13.2 Å². The Morgan fingerprint density at radius 1 is 1.36 bits per heavy atom. The van der Waals surface area contributed by atoms with Crippen molar-refractivity contribution >= 4 is 21.6 Å². The molecule has 3 N–H and O–H groups in total. The van der Waals surface area contributed by atoms with Gasteiger partial charge in [0.15, 0.2) is 0 Å². The van der Waals surface area contributed by atoms with Crippen molar-refractivity contribution in [2.24, 2.45) is 0 Å². The largest absolute Gasteiger partial charge is 0.573 e. The minimum Gasteiger partial charge on any atom is -0.506 e. The van der Waals surface area contributed by atoms with Crippen LogP contribution in [0.3, 0.4) is 0 Å². The summed E-state index contributed by atoms with van der Waals surface area (Å²) >= 11 is 2.79. The van der Waals surface area contributed by atoms with Crippen LogP contribution in [0.15, 0.2) is 16.6 Å². The lowest BCUT2D eigenvalue weighted by atomic mass is 10.3. The van der Waals surface area contributed by atoms with Crippen molar-refractivity contribution in [2.75, 3.05) is 5.73 Å². The normalized spacial score (nSPS) is 11.4. The number of nitrogens with two attached hydrogens (primary N) is 1. The second-order valence-electron chi connectivity index (χ2n) is 2.39. The minimum atomic E-state index is -4.79. The highest BCUT2D eigenvalue weighted by molar-refractivity contribution is 9.10. The Kier molecular flexibility index (Phi) is 2.79. The Labute approximate surface area is 85.4 Å². The van der Waals surface area contributed by atoms with Crippen molar-refractivity contribution in [3.63, 3.8) is 0 Å². The molecule has 1 aromatic rings. The van der Waals surface area contributed by atoms with E-state index in [-0.39, 0.29) is 15.9 Å². The number of ether oxygens (including phenoxy) is 1. The number of hydrogen-bond acceptors (Lipinski definition) is 3. The van der Waals surface area contributed by atoms with E-state index in [0.717, 1.165) is 12.1 Å². The van der Waals surface area contributed by atoms with Crippen LogP contribution in [0.5, 0.6) is 11.5 Å². The Morgan fingerprint density at radius 2 is 1.93 bits per heavy atom. The van der Waals surface area contributed by atoms with E-state index in [1.165, 1.54) is 0 Å². The van der Waals surface area contributed by atoms with Crippen LogP contribution >= 0.6 is 15.9 Å². The molecule has 0 unspecified atom stereocenters. The topological polar surface area (TPSA) is 55.5 Å². The fourth-order valence-corrected chi connectivity index (χ4v) is 1.17. The van der Waals surface area contributed by atoms with Gasteiger partial charge >= 0.3 is 6.36 Å². The molecule has 0 fully saturated rings. The lowest BCUT2D eigenvalue weighted by Gasteiger charge is -2.11. The lowest BCUT2D eigenvalue weighted by Crippen LogP contribution is -2.17. The highest BCUT2D eigenvalue weighted by Gasteiger charge is 2.32. The van der Waals surface area contributed by atoms with Gasteiger partial charge in [-0.3, -0.25) is 0 Å².